The summed E-state index contributed by atoms with van der Waals surface area (Å²) in [6.45, 7) is 9.22. The Balaban J connectivity index is 2.58. The van der Waals surface area contributed by atoms with Gasteiger partial charge in [-0.1, -0.05) is 19.2 Å². The van der Waals surface area contributed by atoms with Gasteiger partial charge < -0.3 is 15.2 Å². The van der Waals surface area contributed by atoms with E-state index in [0.717, 1.165) is 18.7 Å². The minimum Gasteiger partial charge on any atom is -0.497 e. The number of nitrogens with one attached hydrogen (secondary N) is 1. The van der Waals surface area contributed by atoms with E-state index in [0.29, 0.717) is 18.6 Å². The number of allylic oxidation sites excluding steroid dienone is 1. The average molecular weight is 209 g/mol. The molecule has 1 heterocycles. The predicted octanol–water partition coefficient (Wildman–Crippen LogP) is 1.37. The summed E-state index contributed by atoms with van der Waals surface area (Å²) in [5, 5.41) is 13.5. The lowest BCUT2D eigenvalue weighted by Gasteiger charge is -2.33. The first-order valence-corrected chi connectivity index (χ1v) is 5.12. The van der Waals surface area contributed by atoms with Crippen molar-refractivity contribution in [1.82, 2.24) is 5.32 Å². The highest BCUT2D eigenvalue weighted by Gasteiger charge is 2.30. The third-order valence-corrected chi connectivity index (χ3v) is 2.76. The molecule has 0 aliphatic carbocycles. The van der Waals surface area contributed by atoms with Crippen LogP contribution < -0.4 is 5.32 Å². The van der Waals surface area contributed by atoms with Gasteiger partial charge in [-0.15, -0.1) is 0 Å². The molecule has 3 heteroatoms. The fraction of sp³-hybridized carbons (Fsp3) is 0.500. The van der Waals surface area contributed by atoms with Crippen LogP contribution in [0.2, 0.25) is 0 Å². The molecule has 0 radical (unpaired) electrons. The minimum atomic E-state index is -0.768. The van der Waals surface area contributed by atoms with E-state index in [-0.39, 0.29) is 0 Å². The Kier molecular flexibility index (Phi) is 4.12. The van der Waals surface area contributed by atoms with Gasteiger partial charge in [0.2, 0.25) is 0 Å². The van der Waals surface area contributed by atoms with Crippen molar-refractivity contribution in [3.8, 4) is 0 Å². The van der Waals surface area contributed by atoms with E-state index in [1.165, 1.54) is 0 Å². The van der Waals surface area contributed by atoms with E-state index < -0.39 is 5.60 Å². The lowest BCUT2D eigenvalue weighted by atomic mass is 9.85. The lowest BCUT2D eigenvalue weighted by Crippen LogP contribution is -2.42. The molecule has 15 heavy (non-hydrogen) atoms. The molecule has 0 unspecified atom stereocenters. The normalized spacial score (nSPS) is 20.1. The third-order valence-electron chi connectivity index (χ3n) is 2.76. The van der Waals surface area contributed by atoms with Crippen molar-refractivity contribution in [2.24, 2.45) is 0 Å². The van der Waals surface area contributed by atoms with Crippen molar-refractivity contribution >= 4 is 0 Å². The maximum absolute atomic E-state index is 10.3. The van der Waals surface area contributed by atoms with Gasteiger partial charge in [-0.2, -0.15) is 0 Å². The van der Waals surface area contributed by atoms with E-state index in [4.69, 9.17) is 4.74 Å². The van der Waals surface area contributed by atoms with Crippen LogP contribution in [0.1, 0.15) is 12.8 Å². The average Bonchev–Trinajstić information content (AvgIpc) is 2.26. The van der Waals surface area contributed by atoms with Crippen molar-refractivity contribution in [3.63, 3.8) is 0 Å². The summed E-state index contributed by atoms with van der Waals surface area (Å²) in [5.41, 5.74) is -0.0438. The maximum Gasteiger partial charge on any atom is 0.111 e. The molecule has 84 valence electrons. The standard InChI is InChI=1S/C12H19NO2/c1-10(4-5-11(2)15-3)12(14)6-8-13-9-7-12/h4-5,13-14H,1-2,6-9H2,3H3/b5-4-. The fourth-order valence-electron chi connectivity index (χ4n) is 1.58. The van der Waals surface area contributed by atoms with Crippen LogP contribution in [0.15, 0.2) is 36.6 Å². The van der Waals surface area contributed by atoms with Gasteiger partial charge in [0.25, 0.3) is 0 Å². The van der Waals surface area contributed by atoms with Crippen molar-refractivity contribution in [3.05, 3.63) is 36.6 Å². The molecule has 1 saturated heterocycles. The van der Waals surface area contributed by atoms with Gasteiger partial charge in [0, 0.05) is 0 Å². The molecular weight excluding hydrogens is 190 g/mol. The van der Waals surface area contributed by atoms with Crippen molar-refractivity contribution in [2.45, 2.75) is 18.4 Å². The van der Waals surface area contributed by atoms with Gasteiger partial charge in [0.05, 0.1) is 12.7 Å². The highest BCUT2D eigenvalue weighted by atomic mass is 16.5. The molecule has 0 aromatic rings. The Morgan fingerprint density at radius 1 is 1.33 bits per heavy atom. The summed E-state index contributed by atoms with van der Waals surface area (Å²) in [5.74, 6) is 0.564. The molecule has 1 fully saturated rings. The Labute approximate surface area is 91.1 Å². The molecule has 1 aliphatic heterocycles. The molecule has 0 spiro atoms. The van der Waals surface area contributed by atoms with Crippen molar-refractivity contribution in [2.75, 3.05) is 20.2 Å². The Hall–Kier alpha value is -1.06. The second-order valence-corrected chi connectivity index (χ2v) is 3.81. The monoisotopic (exact) mass is 209 g/mol. The smallest absolute Gasteiger partial charge is 0.111 e. The zero-order valence-electron chi connectivity index (χ0n) is 9.25. The topological polar surface area (TPSA) is 41.5 Å². The van der Waals surface area contributed by atoms with Crippen LogP contribution in [0, 0.1) is 0 Å². The highest BCUT2D eigenvalue weighted by molar-refractivity contribution is 5.29. The van der Waals surface area contributed by atoms with E-state index in [9.17, 15) is 5.11 Å². The second-order valence-electron chi connectivity index (χ2n) is 3.81. The molecule has 0 saturated carbocycles. The third kappa shape index (κ3) is 3.22. The molecule has 0 aromatic heterocycles. The maximum atomic E-state index is 10.3. The largest absolute Gasteiger partial charge is 0.497 e. The van der Waals surface area contributed by atoms with Crippen molar-refractivity contribution in [1.29, 1.82) is 0 Å². The Morgan fingerprint density at radius 3 is 2.47 bits per heavy atom. The highest BCUT2D eigenvalue weighted by Crippen LogP contribution is 2.26. The van der Waals surface area contributed by atoms with Crippen molar-refractivity contribution < 1.29 is 9.84 Å². The van der Waals surface area contributed by atoms with Gasteiger partial charge >= 0.3 is 0 Å². The van der Waals surface area contributed by atoms with E-state index in [2.05, 4.69) is 18.5 Å². The van der Waals surface area contributed by atoms with Gasteiger partial charge in [0.15, 0.2) is 0 Å². The molecule has 1 rings (SSSR count). The molecular formula is C12H19NO2. The first kappa shape index (κ1) is 12.0. The Morgan fingerprint density at radius 2 is 1.93 bits per heavy atom. The predicted molar refractivity (Wildman–Crippen MR) is 61.5 cm³/mol. The summed E-state index contributed by atoms with van der Waals surface area (Å²) in [4.78, 5) is 0. The Bertz CT molecular complexity index is 275. The van der Waals surface area contributed by atoms with Gasteiger partial charge in [-0.05, 0) is 37.6 Å². The van der Waals surface area contributed by atoms with E-state index in [1.807, 2.05) is 0 Å². The summed E-state index contributed by atoms with van der Waals surface area (Å²) in [6, 6.07) is 0. The zero-order chi connectivity index (χ0) is 11.3. The van der Waals surface area contributed by atoms with Gasteiger partial charge in [-0.3, -0.25) is 0 Å². The van der Waals surface area contributed by atoms with Gasteiger partial charge in [0.1, 0.15) is 5.76 Å². The zero-order valence-corrected chi connectivity index (χ0v) is 9.25. The van der Waals surface area contributed by atoms with Crippen LogP contribution in [0.4, 0.5) is 0 Å². The fourth-order valence-corrected chi connectivity index (χ4v) is 1.58. The number of methoxy groups -OCH3 is 1. The number of aliphatic hydroxyl groups is 1. The van der Waals surface area contributed by atoms with E-state index >= 15 is 0 Å². The lowest BCUT2D eigenvalue weighted by molar-refractivity contribution is 0.0501. The summed E-state index contributed by atoms with van der Waals surface area (Å²) < 4.78 is 4.90. The van der Waals surface area contributed by atoms with E-state index in [1.54, 1.807) is 19.3 Å². The number of ether oxygens (including phenoxy) is 1. The van der Waals surface area contributed by atoms with Crippen LogP contribution >= 0.6 is 0 Å². The van der Waals surface area contributed by atoms with Crippen LogP contribution in [0.25, 0.3) is 0 Å². The molecule has 3 nitrogen and oxygen atoms in total. The molecule has 0 atom stereocenters. The second kappa shape index (κ2) is 5.14. The van der Waals surface area contributed by atoms with Crippen LogP contribution in [0.5, 0.6) is 0 Å². The summed E-state index contributed by atoms with van der Waals surface area (Å²) in [6.07, 6.45) is 4.91. The number of hydrogen-bond acceptors (Lipinski definition) is 3. The number of rotatable bonds is 4. The molecule has 0 amide bonds. The minimum absolute atomic E-state index is 0.564. The molecule has 1 aliphatic rings. The van der Waals surface area contributed by atoms with Crippen LogP contribution in [0.3, 0.4) is 0 Å². The van der Waals surface area contributed by atoms with Gasteiger partial charge in [-0.25, -0.2) is 0 Å². The molecule has 2 N–H and O–H groups in total. The molecule has 0 bridgehead atoms. The summed E-state index contributed by atoms with van der Waals surface area (Å²) >= 11 is 0. The molecule has 0 aromatic carbocycles. The number of hydrogen-bond donors (Lipinski definition) is 2. The number of piperidine rings is 1. The quantitative estimate of drug-likeness (QED) is 0.543. The van der Waals surface area contributed by atoms with Crippen LogP contribution in [-0.2, 0) is 4.74 Å². The SMILES string of the molecule is C=C(/C=C\C(=C)C1(O)CCNCC1)OC. The first-order chi connectivity index (χ1) is 7.08. The summed E-state index contributed by atoms with van der Waals surface area (Å²) in [7, 11) is 1.56. The first-order valence-electron chi connectivity index (χ1n) is 5.12. The van der Waals surface area contributed by atoms with Crippen LogP contribution in [-0.4, -0.2) is 30.9 Å².